The number of benzene rings is 1. The molecule has 11 heavy (non-hydrogen) atoms. The molecule has 2 nitrogen and oxygen atoms in total. The van der Waals surface area contributed by atoms with Gasteiger partial charge >= 0.3 is 0 Å². The van der Waals surface area contributed by atoms with Crippen molar-refractivity contribution >= 4 is 11.5 Å². The third-order valence-corrected chi connectivity index (χ3v) is 1.93. The van der Waals surface area contributed by atoms with Crippen LogP contribution in [0.4, 0.5) is 0 Å². The minimum atomic E-state index is 0.954. The number of hydrogen-bond acceptors (Lipinski definition) is 3. The monoisotopic (exact) mass is 163 g/mol. The first-order chi connectivity index (χ1) is 5.47. The Morgan fingerprint density at radius 1 is 1.09 bits per heavy atom. The molecule has 1 aromatic carbocycles. The first kappa shape index (κ1) is 6.49. The van der Waals surface area contributed by atoms with E-state index in [-0.39, 0.29) is 0 Å². The predicted molar refractivity (Wildman–Crippen MR) is 45.3 cm³/mol. The van der Waals surface area contributed by atoms with Gasteiger partial charge in [-0.3, -0.25) is 0 Å². The highest BCUT2D eigenvalue weighted by atomic mass is 32.1. The summed E-state index contributed by atoms with van der Waals surface area (Å²) in [4.78, 5) is 0. The standard InChI is InChI=1S/C8H6N2S/c1-2-4-7(5-3-1)8-6-11-10-9-8/h1-6H/i8+1. The second kappa shape index (κ2) is 2.80. The van der Waals surface area contributed by atoms with Crippen molar-refractivity contribution in [3.8, 4) is 11.3 Å². The molecule has 2 aromatic rings. The lowest BCUT2D eigenvalue weighted by Crippen LogP contribution is -1.75. The van der Waals surface area contributed by atoms with E-state index < -0.39 is 0 Å². The van der Waals surface area contributed by atoms with Crippen molar-refractivity contribution in [3.05, 3.63) is 35.7 Å². The molecule has 3 heteroatoms. The van der Waals surface area contributed by atoms with Crippen LogP contribution in [0.5, 0.6) is 0 Å². The Balaban J connectivity index is 2.46. The summed E-state index contributed by atoms with van der Waals surface area (Å²) in [5, 5.41) is 5.89. The fourth-order valence-corrected chi connectivity index (χ4v) is 1.36. The maximum Gasteiger partial charge on any atom is 0.105 e. The van der Waals surface area contributed by atoms with Crippen molar-refractivity contribution in [2.75, 3.05) is 0 Å². The third kappa shape index (κ3) is 1.28. The Bertz CT molecular complexity index is 315. The van der Waals surface area contributed by atoms with E-state index in [1.807, 2.05) is 35.7 Å². The number of hydrogen-bond donors (Lipinski definition) is 0. The molecule has 2 rings (SSSR count). The van der Waals surface area contributed by atoms with Crippen molar-refractivity contribution < 1.29 is 0 Å². The lowest BCUT2D eigenvalue weighted by Gasteiger charge is -1.90. The van der Waals surface area contributed by atoms with Crippen LogP contribution in [-0.2, 0) is 0 Å². The molecule has 0 aliphatic heterocycles. The third-order valence-electron chi connectivity index (χ3n) is 1.43. The van der Waals surface area contributed by atoms with Crippen LogP contribution in [0.2, 0.25) is 0 Å². The van der Waals surface area contributed by atoms with Crippen LogP contribution in [-0.4, -0.2) is 9.59 Å². The molecule has 0 saturated carbocycles. The van der Waals surface area contributed by atoms with Gasteiger partial charge < -0.3 is 0 Å². The van der Waals surface area contributed by atoms with Gasteiger partial charge in [0.25, 0.3) is 0 Å². The van der Waals surface area contributed by atoms with E-state index >= 15 is 0 Å². The minimum Gasteiger partial charge on any atom is -0.138 e. The average molecular weight is 163 g/mol. The second-order valence-electron chi connectivity index (χ2n) is 2.16. The first-order valence-electron chi connectivity index (χ1n) is 3.29. The molecule has 1 heterocycles. The summed E-state index contributed by atoms with van der Waals surface area (Å²) in [5.74, 6) is 0. The summed E-state index contributed by atoms with van der Waals surface area (Å²) in [6, 6.07) is 10.0. The number of nitrogens with zero attached hydrogens (tertiary/aromatic N) is 2. The van der Waals surface area contributed by atoms with Crippen LogP contribution in [0, 0.1) is 0 Å². The Kier molecular flexibility index (Phi) is 1.65. The zero-order valence-corrected chi connectivity index (χ0v) is 6.58. The first-order valence-corrected chi connectivity index (χ1v) is 4.13. The summed E-state index contributed by atoms with van der Waals surface area (Å²) in [6.07, 6.45) is 0. The molecule has 54 valence electrons. The van der Waals surface area contributed by atoms with E-state index in [0.717, 1.165) is 11.3 Å². The molecule has 0 aliphatic carbocycles. The fourth-order valence-electron chi connectivity index (χ4n) is 0.899. The maximum absolute atomic E-state index is 3.96. The van der Waals surface area contributed by atoms with E-state index in [2.05, 4.69) is 9.59 Å². The van der Waals surface area contributed by atoms with Crippen molar-refractivity contribution in [2.24, 2.45) is 0 Å². The van der Waals surface area contributed by atoms with E-state index in [4.69, 9.17) is 0 Å². The van der Waals surface area contributed by atoms with Crippen LogP contribution in [0.3, 0.4) is 0 Å². The molecular formula is C8H6N2S. The van der Waals surface area contributed by atoms with Crippen LogP contribution >= 0.6 is 11.5 Å². The number of aromatic nitrogens is 2. The predicted octanol–water partition coefficient (Wildman–Crippen LogP) is 2.21. The Hall–Kier alpha value is -1.22. The molecule has 0 unspecified atom stereocenters. The topological polar surface area (TPSA) is 25.8 Å². The second-order valence-corrected chi connectivity index (χ2v) is 2.77. The van der Waals surface area contributed by atoms with Crippen molar-refractivity contribution in [3.63, 3.8) is 0 Å². The molecule has 0 bridgehead atoms. The van der Waals surface area contributed by atoms with Crippen LogP contribution in [0.25, 0.3) is 11.3 Å². The van der Waals surface area contributed by atoms with Crippen LogP contribution in [0.1, 0.15) is 0 Å². The Morgan fingerprint density at radius 2 is 1.91 bits per heavy atom. The number of rotatable bonds is 1. The molecular weight excluding hydrogens is 157 g/mol. The van der Waals surface area contributed by atoms with E-state index in [9.17, 15) is 0 Å². The lowest BCUT2D eigenvalue weighted by atomic mass is 10.3. The summed E-state index contributed by atoms with van der Waals surface area (Å²) >= 11 is 1.37. The molecule has 0 fully saturated rings. The van der Waals surface area contributed by atoms with Gasteiger partial charge in [0, 0.05) is 10.9 Å². The van der Waals surface area contributed by atoms with Crippen molar-refractivity contribution in [2.45, 2.75) is 0 Å². The molecule has 0 aliphatic rings. The van der Waals surface area contributed by atoms with Crippen LogP contribution in [0.15, 0.2) is 35.7 Å². The fraction of sp³-hybridized carbons (Fsp3) is 0. The Labute approximate surface area is 68.7 Å². The summed E-state index contributed by atoms with van der Waals surface area (Å²) < 4.78 is 3.79. The maximum atomic E-state index is 3.96. The van der Waals surface area contributed by atoms with Crippen molar-refractivity contribution in [1.82, 2.24) is 9.59 Å². The van der Waals surface area contributed by atoms with Gasteiger partial charge in [0.05, 0.1) is 0 Å². The van der Waals surface area contributed by atoms with Gasteiger partial charge in [-0.05, 0) is 11.5 Å². The van der Waals surface area contributed by atoms with Gasteiger partial charge in [0.1, 0.15) is 5.69 Å². The quantitative estimate of drug-likeness (QED) is 0.644. The minimum absolute atomic E-state index is 0.954. The molecule has 0 atom stereocenters. The van der Waals surface area contributed by atoms with Crippen molar-refractivity contribution in [1.29, 1.82) is 0 Å². The Morgan fingerprint density at radius 3 is 2.55 bits per heavy atom. The molecule has 1 aromatic heterocycles. The van der Waals surface area contributed by atoms with Gasteiger partial charge in [-0.25, -0.2) is 0 Å². The molecule has 0 N–H and O–H groups in total. The summed E-state index contributed by atoms with van der Waals surface area (Å²) in [5.41, 5.74) is 2.08. The van der Waals surface area contributed by atoms with Gasteiger partial charge in [0.2, 0.25) is 0 Å². The van der Waals surface area contributed by atoms with Crippen LogP contribution < -0.4 is 0 Å². The van der Waals surface area contributed by atoms with Gasteiger partial charge in [-0.1, -0.05) is 34.8 Å². The average Bonchev–Trinajstić information content (AvgIpc) is 2.58. The van der Waals surface area contributed by atoms with E-state index in [0.29, 0.717) is 0 Å². The molecule has 0 radical (unpaired) electrons. The largest absolute Gasteiger partial charge is 0.138 e. The smallest absolute Gasteiger partial charge is 0.105 e. The highest BCUT2D eigenvalue weighted by Gasteiger charge is 1.96. The van der Waals surface area contributed by atoms with E-state index in [1.54, 1.807) is 0 Å². The molecule has 0 saturated heterocycles. The highest BCUT2D eigenvalue weighted by Crippen LogP contribution is 2.15. The normalized spacial score (nSPS) is 9.82. The lowest BCUT2D eigenvalue weighted by molar-refractivity contribution is 1.16. The zero-order chi connectivity index (χ0) is 7.52. The summed E-state index contributed by atoms with van der Waals surface area (Å²) in [6.45, 7) is 0. The molecule has 0 spiro atoms. The SMILES string of the molecule is c1ccc(-[13c]2csnn2)cc1. The highest BCUT2D eigenvalue weighted by molar-refractivity contribution is 7.03. The van der Waals surface area contributed by atoms with Gasteiger partial charge in [-0.15, -0.1) is 5.10 Å². The van der Waals surface area contributed by atoms with Gasteiger partial charge in [-0.2, -0.15) is 0 Å². The molecule has 0 amide bonds. The zero-order valence-electron chi connectivity index (χ0n) is 5.77. The van der Waals surface area contributed by atoms with E-state index in [1.165, 1.54) is 11.5 Å². The summed E-state index contributed by atoms with van der Waals surface area (Å²) in [7, 11) is 0. The van der Waals surface area contributed by atoms with Gasteiger partial charge in [0.15, 0.2) is 0 Å².